The largest absolute Gasteiger partial charge is 0.493 e. The smallest absolute Gasteiger partial charge is 0.251 e. The van der Waals surface area contributed by atoms with Gasteiger partial charge in [-0.1, -0.05) is 39.0 Å². The van der Waals surface area contributed by atoms with Crippen LogP contribution in [-0.4, -0.2) is 24.2 Å². The maximum Gasteiger partial charge on any atom is 0.251 e. The van der Waals surface area contributed by atoms with E-state index in [4.69, 9.17) is 9.15 Å². The summed E-state index contributed by atoms with van der Waals surface area (Å²) in [6.07, 6.45) is 8.08. The Bertz CT molecular complexity index is 1230. The Labute approximate surface area is 225 Å². The molecule has 2 heterocycles. The van der Waals surface area contributed by atoms with E-state index in [0.29, 0.717) is 28.5 Å². The second-order valence-electron chi connectivity index (χ2n) is 9.19. The summed E-state index contributed by atoms with van der Waals surface area (Å²) in [6, 6.07) is 10.8. The topological polar surface area (TPSA) is 71.8 Å². The highest BCUT2D eigenvalue weighted by atomic mass is 32.2. The van der Waals surface area contributed by atoms with Crippen LogP contribution >= 0.6 is 11.8 Å². The maximum absolute atomic E-state index is 14.9. The zero-order valence-electron chi connectivity index (χ0n) is 21.4. The zero-order chi connectivity index (χ0) is 26.9. The number of ether oxygens (including phenoxy) is 1. The Kier molecular flexibility index (Phi) is 9.81. The van der Waals surface area contributed by atoms with Gasteiger partial charge in [0.05, 0.1) is 37.4 Å². The van der Waals surface area contributed by atoms with Gasteiger partial charge in [0.15, 0.2) is 0 Å². The van der Waals surface area contributed by atoms with Crippen molar-refractivity contribution in [2.75, 3.05) is 17.3 Å². The first-order chi connectivity index (χ1) is 18.5. The van der Waals surface area contributed by atoms with E-state index in [-0.39, 0.29) is 42.0 Å². The van der Waals surface area contributed by atoms with Gasteiger partial charge >= 0.3 is 0 Å². The summed E-state index contributed by atoms with van der Waals surface area (Å²) in [5.41, 5.74) is 0.723. The molecule has 38 heavy (non-hydrogen) atoms. The van der Waals surface area contributed by atoms with Crippen molar-refractivity contribution >= 4 is 29.3 Å². The van der Waals surface area contributed by atoms with Gasteiger partial charge in [-0.05, 0) is 36.8 Å². The van der Waals surface area contributed by atoms with E-state index >= 15 is 0 Å². The zero-order valence-corrected chi connectivity index (χ0v) is 22.3. The minimum Gasteiger partial charge on any atom is -0.493 e. The molecule has 1 N–H and O–H groups in total. The lowest BCUT2D eigenvalue weighted by Gasteiger charge is -2.29. The summed E-state index contributed by atoms with van der Waals surface area (Å²) in [4.78, 5) is 27.3. The highest BCUT2D eigenvalue weighted by Crippen LogP contribution is 2.37. The van der Waals surface area contributed by atoms with E-state index in [9.17, 15) is 18.4 Å². The first kappa shape index (κ1) is 27.7. The molecule has 0 atom stereocenters. The average Bonchev–Trinajstić information content (AvgIpc) is 3.43. The van der Waals surface area contributed by atoms with Gasteiger partial charge < -0.3 is 19.4 Å². The molecule has 3 aromatic rings. The van der Waals surface area contributed by atoms with Gasteiger partial charge in [-0.3, -0.25) is 9.59 Å². The minimum atomic E-state index is -0.760. The molecule has 1 aliphatic heterocycles. The summed E-state index contributed by atoms with van der Waals surface area (Å²) >= 11 is 1.29. The van der Waals surface area contributed by atoms with Crippen LogP contribution in [0.3, 0.4) is 0 Å². The van der Waals surface area contributed by atoms with E-state index < -0.39 is 11.6 Å². The Morgan fingerprint density at radius 2 is 1.84 bits per heavy atom. The highest BCUT2D eigenvalue weighted by molar-refractivity contribution is 8.00. The molecule has 1 aromatic heterocycles. The van der Waals surface area contributed by atoms with E-state index in [0.717, 1.165) is 19.3 Å². The molecular weight excluding hydrogens is 510 g/mol. The Morgan fingerprint density at radius 3 is 2.58 bits per heavy atom. The molecule has 0 saturated carbocycles. The van der Waals surface area contributed by atoms with Crippen molar-refractivity contribution in [2.24, 2.45) is 0 Å². The van der Waals surface area contributed by atoms with Crippen molar-refractivity contribution < 1.29 is 27.5 Å². The molecule has 0 bridgehead atoms. The summed E-state index contributed by atoms with van der Waals surface area (Å²) in [6.45, 7) is 2.55. The van der Waals surface area contributed by atoms with Crippen LogP contribution in [0.2, 0.25) is 0 Å². The van der Waals surface area contributed by atoms with Crippen LogP contribution in [0.15, 0.2) is 58.0 Å². The normalized spacial score (nSPS) is 12.9. The van der Waals surface area contributed by atoms with Gasteiger partial charge in [0.1, 0.15) is 23.1 Å². The highest BCUT2D eigenvalue weighted by Gasteiger charge is 2.28. The number of anilines is 1. The fourth-order valence-corrected chi connectivity index (χ4v) is 5.22. The summed E-state index contributed by atoms with van der Waals surface area (Å²) in [5.74, 6) is -1.20. The number of thioether (sulfide) groups is 1. The number of nitrogens with one attached hydrogen (secondary N) is 1. The molecular formula is C29H32F2N2O4S. The molecule has 0 saturated heterocycles. The fraction of sp³-hybridized carbons (Fsp3) is 0.379. The van der Waals surface area contributed by atoms with Gasteiger partial charge in [0.2, 0.25) is 5.91 Å². The molecule has 2 aromatic carbocycles. The van der Waals surface area contributed by atoms with Crippen molar-refractivity contribution in [1.29, 1.82) is 0 Å². The molecule has 6 nitrogen and oxygen atoms in total. The number of hydrogen-bond acceptors (Lipinski definition) is 5. The molecule has 0 fully saturated rings. The number of halogens is 2. The fourth-order valence-electron chi connectivity index (χ4n) is 4.25. The van der Waals surface area contributed by atoms with Gasteiger partial charge in [-0.15, -0.1) is 11.8 Å². The third kappa shape index (κ3) is 7.16. The molecule has 0 unspecified atom stereocenters. The molecule has 202 valence electrons. The van der Waals surface area contributed by atoms with Gasteiger partial charge in [0, 0.05) is 28.2 Å². The molecule has 0 aliphatic carbocycles. The quantitative estimate of drug-likeness (QED) is 0.239. The molecule has 4 rings (SSSR count). The predicted molar refractivity (Wildman–Crippen MR) is 143 cm³/mol. The SMILES string of the molecule is CCCCCCCCOc1cc(F)c(CN2C(=O)CSc3cc(C(=O)NCc4ccco4)ccc32)c(F)c1. The number of hydrogen-bond donors (Lipinski definition) is 1. The van der Waals surface area contributed by atoms with Gasteiger partial charge in [-0.2, -0.15) is 0 Å². The van der Waals surface area contributed by atoms with Crippen molar-refractivity contribution in [3.05, 3.63) is 77.2 Å². The van der Waals surface area contributed by atoms with Crippen LogP contribution in [0.25, 0.3) is 0 Å². The van der Waals surface area contributed by atoms with Crippen LogP contribution in [0.5, 0.6) is 5.75 Å². The summed E-state index contributed by atoms with van der Waals surface area (Å²) in [7, 11) is 0. The average molecular weight is 543 g/mol. The molecule has 0 spiro atoms. The van der Waals surface area contributed by atoms with Crippen molar-refractivity contribution in [3.8, 4) is 5.75 Å². The number of amides is 2. The Hall–Kier alpha value is -3.33. The predicted octanol–water partition coefficient (Wildman–Crippen LogP) is 6.87. The lowest BCUT2D eigenvalue weighted by atomic mass is 10.1. The number of fused-ring (bicyclic) bond motifs is 1. The van der Waals surface area contributed by atoms with Crippen LogP contribution in [0, 0.1) is 11.6 Å². The van der Waals surface area contributed by atoms with Crippen LogP contribution in [0.1, 0.15) is 67.1 Å². The Balaban J connectivity index is 1.40. The summed E-state index contributed by atoms with van der Waals surface area (Å²) < 4.78 is 40.7. The third-order valence-corrected chi connectivity index (χ3v) is 7.39. The second-order valence-corrected chi connectivity index (χ2v) is 10.2. The third-order valence-electron chi connectivity index (χ3n) is 6.37. The first-order valence-electron chi connectivity index (χ1n) is 12.9. The standard InChI is InChI=1S/C29H32F2N2O4S/c1-2-3-4-5-6-7-12-37-22-15-24(30)23(25(31)16-22)18-33-26-11-10-20(14-27(26)38-19-28(33)34)29(35)32-17-21-9-8-13-36-21/h8-11,13-16H,2-7,12,17-19H2,1H3,(H,32,35). The molecule has 1 aliphatic rings. The molecule has 9 heteroatoms. The van der Waals surface area contributed by atoms with Crippen LogP contribution < -0.4 is 15.0 Å². The number of carbonyl (C=O) groups is 2. The van der Waals surface area contributed by atoms with E-state index in [1.807, 2.05) is 0 Å². The van der Waals surface area contributed by atoms with E-state index in [1.54, 1.807) is 30.3 Å². The number of furan rings is 1. The Morgan fingerprint density at radius 1 is 1.08 bits per heavy atom. The van der Waals surface area contributed by atoms with Crippen molar-refractivity contribution in [2.45, 2.75) is 63.4 Å². The second kappa shape index (κ2) is 13.5. The van der Waals surface area contributed by atoms with E-state index in [2.05, 4.69) is 12.2 Å². The van der Waals surface area contributed by atoms with Crippen LogP contribution in [-0.2, 0) is 17.9 Å². The monoisotopic (exact) mass is 542 g/mol. The van der Waals surface area contributed by atoms with Gasteiger partial charge in [-0.25, -0.2) is 8.78 Å². The lowest BCUT2D eigenvalue weighted by molar-refractivity contribution is -0.116. The molecule has 0 radical (unpaired) electrons. The summed E-state index contributed by atoms with van der Waals surface area (Å²) in [5, 5.41) is 2.78. The van der Waals surface area contributed by atoms with Crippen molar-refractivity contribution in [1.82, 2.24) is 5.32 Å². The van der Waals surface area contributed by atoms with E-state index in [1.165, 1.54) is 54.3 Å². The van der Waals surface area contributed by atoms with Crippen molar-refractivity contribution in [3.63, 3.8) is 0 Å². The minimum absolute atomic E-state index is 0.104. The number of nitrogens with zero attached hydrogens (tertiary/aromatic N) is 1. The van der Waals surface area contributed by atoms with Gasteiger partial charge in [0.25, 0.3) is 5.91 Å². The molecule has 2 amide bonds. The lowest BCUT2D eigenvalue weighted by Crippen LogP contribution is -2.35. The van der Waals surface area contributed by atoms with Crippen LogP contribution in [0.4, 0.5) is 14.5 Å². The number of rotatable bonds is 13. The number of unbranched alkanes of at least 4 members (excludes halogenated alkanes) is 5. The maximum atomic E-state index is 14.9. The number of benzene rings is 2. The first-order valence-corrected chi connectivity index (χ1v) is 13.9. The number of carbonyl (C=O) groups excluding carboxylic acids is 2.